The molecule has 2 N–H and O–H groups in total. The first-order valence-corrected chi connectivity index (χ1v) is 7.20. The Morgan fingerprint density at radius 1 is 1.53 bits per heavy atom. The zero-order valence-electron chi connectivity index (χ0n) is 11.2. The number of anilines is 1. The average Bonchev–Trinajstić information content (AvgIpc) is 2.66. The molecule has 1 aliphatic rings. The Morgan fingerprint density at radius 2 is 2.32 bits per heavy atom. The predicted octanol–water partition coefficient (Wildman–Crippen LogP) is 2.97. The summed E-state index contributed by atoms with van der Waals surface area (Å²) in [6.45, 7) is 3.85. The van der Waals surface area contributed by atoms with E-state index in [0.29, 0.717) is 10.6 Å². The third-order valence-corrected chi connectivity index (χ3v) is 4.13. The molecule has 0 bridgehead atoms. The molecular weight excluding hydrogens is 262 g/mol. The number of halogens is 1. The van der Waals surface area contributed by atoms with Gasteiger partial charge >= 0.3 is 0 Å². The molecule has 1 aromatic heterocycles. The summed E-state index contributed by atoms with van der Waals surface area (Å²) in [6.07, 6.45) is 6.06. The molecule has 1 unspecified atom stereocenters. The lowest BCUT2D eigenvalue weighted by Crippen LogP contribution is -2.32. The van der Waals surface area contributed by atoms with Crippen LogP contribution in [0.4, 0.5) is 5.82 Å². The van der Waals surface area contributed by atoms with Gasteiger partial charge in [-0.3, -0.25) is 4.79 Å². The molecule has 5 heteroatoms. The highest BCUT2D eigenvalue weighted by Gasteiger charge is 2.21. The molecule has 19 heavy (non-hydrogen) atoms. The summed E-state index contributed by atoms with van der Waals surface area (Å²) in [5.41, 5.74) is 6.08. The molecule has 4 nitrogen and oxygen atoms in total. The molecule has 0 spiro atoms. The molecule has 0 radical (unpaired) electrons. The van der Waals surface area contributed by atoms with Crippen LogP contribution in [0.3, 0.4) is 0 Å². The lowest BCUT2D eigenvalue weighted by atomic mass is 9.98. The molecule has 1 fully saturated rings. The van der Waals surface area contributed by atoms with Crippen LogP contribution in [0, 0.1) is 5.92 Å². The van der Waals surface area contributed by atoms with E-state index in [9.17, 15) is 4.79 Å². The number of aromatic nitrogens is 1. The predicted molar refractivity (Wildman–Crippen MR) is 77.2 cm³/mol. The summed E-state index contributed by atoms with van der Waals surface area (Å²) in [4.78, 5) is 18.2. The van der Waals surface area contributed by atoms with Gasteiger partial charge in [-0.2, -0.15) is 0 Å². The van der Waals surface area contributed by atoms with Crippen LogP contribution in [-0.2, 0) is 0 Å². The van der Waals surface area contributed by atoms with Gasteiger partial charge in [-0.15, -0.1) is 0 Å². The van der Waals surface area contributed by atoms with Crippen molar-refractivity contribution in [1.29, 1.82) is 0 Å². The van der Waals surface area contributed by atoms with Crippen LogP contribution in [-0.4, -0.2) is 28.9 Å². The maximum atomic E-state index is 12.4. The highest BCUT2D eigenvalue weighted by molar-refractivity contribution is 6.33. The minimum absolute atomic E-state index is 0.00570. The Labute approximate surface area is 118 Å². The van der Waals surface area contributed by atoms with Crippen molar-refractivity contribution in [3.05, 3.63) is 22.8 Å². The molecule has 104 valence electrons. The fourth-order valence-electron chi connectivity index (χ4n) is 2.52. The topological polar surface area (TPSA) is 59.2 Å². The normalized spacial score (nSPS) is 20.1. The van der Waals surface area contributed by atoms with Gasteiger partial charge in [0, 0.05) is 19.3 Å². The lowest BCUT2D eigenvalue weighted by Gasteiger charge is -2.20. The van der Waals surface area contributed by atoms with E-state index in [1.807, 2.05) is 4.90 Å². The van der Waals surface area contributed by atoms with Crippen molar-refractivity contribution in [2.24, 2.45) is 5.92 Å². The highest BCUT2D eigenvalue weighted by Crippen LogP contribution is 2.22. The fourth-order valence-corrected chi connectivity index (χ4v) is 2.69. The van der Waals surface area contributed by atoms with Gasteiger partial charge in [0.15, 0.2) is 0 Å². The highest BCUT2D eigenvalue weighted by atomic mass is 35.5. The number of amides is 1. The van der Waals surface area contributed by atoms with Crippen molar-refractivity contribution in [3.8, 4) is 0 Å². The van der Waals surface area contributed by atoms with Crippen LogP contribution in [0.25, 0.3) is 0 Å². The molecule has 1 aliphatic heterocycles. The SMILES string of the molecule is CCC1CCCN(C(=O)c2cnc(N)c(Cl)c2)CC1. The van der Waals surface area contributed by atoms with Crippen LogP contribution in [0.1, 0.15) is 43.0 Å². The number of hydrogen-bond donors (Lipinski definition) is 1. The minimum atomic E-state index is 0.00570. The number of carbonyl (C=O) groups excluding carboxylic acids is 1. The zero-order valence-corrected chi connectivity index (χ0v) is 12.0. The summed E-state index contributed by atoms with van der Waals surface area (Å²) in [7, 11) is 0. The molecule has 0 saturated carbocycles. The molecule has 1 atom stereocenters. The maximum absolute atomic E-state index is 12.4. The van der Waals surface area contributed by atoms with Crippen LogP contribution >= 0.6 is 11.6 Å². The largest absolute Gasteiger partial charge is 0.382 e. The first-order valence-electron chi connectivity index (χ1n) is 6.82. The Bertz CT molecular complexity index is 464. The number of rotatable bonds is 2. The Kier molecular flexibility index (Phi) is 4.64. The Hall–Kier alpha value is -1.29. The van der Waals surface area contributed by atoms with Crippen LogP contribution in [0.15, 0.2) is 12.3 Å². The van der Waals surface area contributed by atoms with Gasteiger partial charge in [0.25, 0.3) is 5.91 Å². The summed E-state index contributed by atoms with van der Waals surface area (Å²) in [5, 5.41) is 0.340. The van der Waals surface area contributed by atoms with Crippen molar-refractivity contribution < 1.29 is 4.79 Å². The smallest absolute Gasteiger partial charge is 0.255 e. The monoisotopic (exact) mass is 281 g/mol. The first-order chi connectivity index (χ1) is 9.11. The molecule has 0 aliphatic carbocycles. The summed E-state index contributed by atoms with van der Waals surface area (Å²) >= 11 is 5.92. The van der Waals surface area contributed by atoms with E-state index in [1.165, 1.54) is 19.0 Å². The minimum Gasteiger partial charge on any atom is -0.382 e. The van der Waals surface area contributed by atoms with E-state index in [2.05, 4.69) is 11.9 Å². The van der Waals surface area contributed by atoms with Gasteiger partial charge in [0.1, 0.15) is 5.82 Å². The van der Waals surface area contributed by atoms with E-state index in [-0.39, 0.29) is 11.7 Å². The molecule has 2 heterocycles. The molecule has 1 saturated heterocycles. The quantitative estimate of drug-likeness (QED) is 0.907. The van der Waals surface area contributed by atoms with E-state index in [1.54, 1.807) is 6.07 Å². The number of carbonyl (C=O) groups is 1. The summed E-state index contributed by atoms with van der Waals surface area (Å²) < 4.78 is 0. The maximum Gasteiger partial charge on any atom is 0.255 e. The average molecular weight is 282 g/mol. The Balaban J connectivity index is 2.08. The van der Waals surface area contributed by atoms with Gasteiger partial charge in [0.2, 0.25) is 0 Å². The third kappa shape index (κ3) is 3.38. The van der Waals surface area contributed by atoms with Crippen molar-refractivity contribution >= 4 is 23.3 Å². The number of nitrogen functional groups attached to an aromatic ring is 1. The van der Waals surface area contributed by atoms with Gasteiger partial charge in [-0.1, -0.05) is 24.9 Å². The van der Waals surface area contributed by atoms with Crippen molar-refractivity contribution in [2.45, 2.75) is 32.6 Å². The fraction of sp³-hybridized carbons (Fsp3) is 0.571. The summed E-state index contributed by atoms with van der Waals surface area (Å²) in [6, 6.07) is 1.61. The number of nitrogens with two attached hydrogens (primary N) is 1. The third-order valence-electron chi connectivity index (χ3n) is 3.83. The second kappa shape index (κ2) is 6.24. The van der Waals surface area contributed by atoms with Crippen molar-refractivity contribution in [1.82, 2.24) is 9.88 Å². The van der Waals surface area contributed by atoms with Crippen molar-refractivity contribution in [3.63, 3.8) is 0 Å². The van der Waals surface area contributed by atoms with Crippen LogP contribution in [0.2, 0.25) is 5.02 Å². The number of pyridine rings is 1. The van der Waals surface area contributed by atoms with Gasteiger partial charge in [-0.25, -0.2) is 4.98 Å². The molecule has 0 aromatic carbocycles. The Morgan fingerprint density at radius 3 is 3.00 bits per heavy atom. The van der Waals surface area contributed by atoms with E-state index in [0.717, 1.165) is 31.8 Å². The standard InChI is InChI=1S/C14H20ClN3O/c1-2-10-4-3-6-18(7-5-10)14(19)11-8-12(15)13(16)17-9-11/h8-10H,2-7H2,1H3,(H2,16,17). The molecule has 1 aromatic rings. The van der Waals surface area contributed by atoms with Crippen molar-refractivity contribution in [2.75, 3.05) is 18.8 Å². The van der Waals surface area contributed by atoms with Gasteiger partial charge in [0.05, 0.1) is 10.6 Å². The summed E-state index contributed by atoms with van der Waals surface area (Å²) in [5.74, 6) is 1.01. The zero-order chi connectivity index (χ0) is 13.8. The number of hydrogen-bond acceptors (Lipinski definition) is 3. The second-order valence-corrected chi connectivity index (χ2v) is 5.50. The van der Waals surface area contributed by atoms with E-state index < -0.39 is 0 Å². The van der Waals surface area contributed by atoms with Crippen LogP contribution in [0.5, 0.6) is 0 Å². The van der Waals surface area contributed by atoms with E-state index >= 15 is 0 Å². The van der Waals surface area contributed by atoms with E-state index in [4.69, 9.17) is 17.3 Å². The molecule has 1 amide bonds. The van der Waals surface area contributed by atoms with Crippen LogP contribution < -0.4 is 5.73 Å². The lowest BCUT2D eigenvalue weighted by molar-refractivity contribution is 0.0759. The number of nitrogens with zero attached hydrogens (tertiary/aromatic N) is 2. The number of likely N-dealkylation sites (tertiary alicyclic amines) is 1. The first kappa shape index (κ1) is 14.1. The van der Waals surface area contributed by atoms with Gasteiger partial charge < -0.3 is 10.6 Å². The van der Waals surface area contributed by atoms with Gasteiger partial charge in [-0.05, 0) is 31.2 Å². The molecule has 2 rings (SSSR count). The second-order valence-electron chi connectivity index (χ2n) is 5.09. The molecular formula is C14H20ClN3O.